The normalized spacial score (nSPS) is 17.6. The van der Waals surface area contributed by atoms with Gasteiger partial charge in [0.05, 0.1) is 11.9 Å². The van der Waals surface area contributed by atoms with Gasteiger partial charge in [-0.1, -0.05) is 12.1 Å². The lowest BCUT2D eigenvalue weighted by atomic mass is 10.1. The lowest BCUT2D eigenvalue weighted by Crippen LogP contribution is -2.43. The lowest BCUT2D eigenvalue weighted by molar-refractivity contribution is 0.0200. The molecule has 0 bridgehead atoms. The van der Waals surface area contributed by atoms with Crippen LogP contribution in [-0.4, -0.2) is 59.5 Å². The smallest absolute Gasteiger partial charge is 0.213 e. The molecule has 1 atom stereocenters. The number of sulfonamides is 1. The first-order valence-electron chi connectivity index (χ1n) is 9.26. The first-order chi connectivity index (χ1) is 13.0. The third kappa shape index (κ3) is 9.99. The number of guanidine groups is 1. The Hall–Kier alpha value is -0.980. The minimum absolute atomic E-state index is 0. The van der Waals surface area contributed by atoms with Gasteiger partial charge in [0.1, 0.15) is 5.82 Å². The fourth-order valence-electron chi connectivity index (χ4n) is 2.80. The molecule has 3 N–H and O–H groups in total. The van der Waals surface area contributed by atoms with Crippen molar-refractivity contribution in [3.8, 4) is 0 Å². The molecule has 1 unspecified atom stereocenters. The molecule has 10 heteroatoms. The minimum Gasteiger partial charge on any atom is -0.377 e. The van der Waals surface area contributed by atoms with Crippen LogP contribution in [0.25, 0.3) is 0 Å². The Morgan fingerprint density at radius 3 is 2.75 bits per heavy atom. The average Bonchev–Trinajstić information content (AvgIpc) is 2.66. The van der Waals surface area contributed by atoms with Crippen LogP contribution in [-0.2, 0) is 21.2 Å². The van der Waals surface area contributed by atoms with E-state index in [-0.39, 0.29) is 48.2 Å². The summed E-state index contributed by atoms with van der Waals surface area (Å²) in [4.78, 5) is 4.06. The zero-order chi connectivity index (χ0) is 19.5. The lowest BCUT2D eigenvalue weighted by Gasteiger charge is -2.22. The van der Waals surface area contributed by atoms with Crippen LogP contribution in [0.3, 0.4) is 0 Å². The maximum Gasteiger partial charge on any atom is 0.213 e. The predicted molar refractivity (Wildman–Crippen MR) is 120 cm³/mol. The number of ether oxygens (including phenoxy) is 1. The Morgan fingerprint density at radius 1 is 1.29 bits per heavy atom. The molecule has 160 valence electrons. The molecule has 0 aliphatic carbocycles. The summed E-state index contributed by atoms with van der Waals surface area (Å²) in [5, 5.41) is 6.06. The zero-order valence-electron chi connectivity index (χ0n) is 16.1. The summed E-state index contributed by atoms with van der Waals surface area (Å²) in [6.07, 6.45) is 3.62. The molecule has 7 nitrogen and oxygen atoms in total. The van der Waals surface area contributed by atoms with Crippen LogP contribution in [0.1, 0.15) is 24.8 Å². The predicted octanol–water partition coefficient (Wildman–Crippen LogP) is 1.64. The maximum absolute atomic E-state index is 13.2. The summed E-state index contributed by atoms with van der Waals surface area (Å²) < 4.78 is 45.4. The van der Waals surface area contributed by atoms with E-state index in [1.54, 1.807) is 13.1 Å². The molecular weight excluding hydrogens is 498 g/mol. The van der Waals surface area contributed by atoms with E-state index in [1.807, 2.05) is 6.07 Å². The van der Waals surface area contributed by atoms with Gasteiger partial charge in [-0.15, -0.1) is 24.0 Å². The van der Waals surface area contributed by atoms with E-state index in [4.69, 9.17) is 4.74 Å². The third-order valence-corrected chi connectivity index (χ3v) is 5.63. The molecule has 0 saturated carbocycles. The molecule has 1 aliphatic heterocycles. The van der Waals surface area contributed by atoms with Crippen LogP contribution in [0.5, 0.6) is 0 Å². The number of rotatable bonds is 9. The fourth-order valence-corrected chi connectivity index (χ4v) is 3.76. The molecule has 1 fully saturated rings. The van der Waals surface area contributed by atoms with Gasteiger partial charge >= 0.3 is 0 Å². The van der Waals surface area contributed by atoms with Gasteiger partial charge < -0.3 is 15.4 Å². The van der Waals surface area contributed by atoms with Crippen molar-refractivity contribution in [2.24, 2.45) is 4.99 Å². The standard InChI is InChI=1S/C18H29FN4O3S.HI/c1-20-18(21-9-8-15-5-4-6-16(19)13-15)22-10-12-27(24,25)23-14-17-7-2-3-11-26-17;/h4-6,13,17,23H,2-3,7-12,14H2,1H3,(H2,20,21,22);1H. The van der Waals surface area contributed by atoms with Gasteiger partial charge in [0.25, 0.3) is 0 Å². The fraction of sp³-hybridized carbons (Fsp3) is 0.611. The van der Waals surface area contributed by atoms with Gasteiger partial charge in [-0.05, 0) is 43.4 Å². The molecule has 1 aromatic rings. The Kier molecular flexibility index (Phi) is 11.9. The van der Waals surface area contributed by atoms with Crippen LogP contribution in [0.15, 0.2) is 29.3 Å². The highest BCUT2D eigenvalue weighted by Gasteiger charge is 2.17. The Morgan fingerprint density at radius 2 is 2.07 bits per heavy atom. The molecule has 2 rings (SSSR count). The van der Waals surface area contributed by atoms with Crippen LogP contribution < -0.4 is 15.4 Å². The molecule has 0 radical (unpaired) electrons. The number of hydrogen-bond acceptors (Lipinski definition) is 4. The molecule has 1 aliphatic rings. The average molecular weight is 528 g/mol. The molecule has 1 heterocycles. The number of nitrogens with one attached hydrogen (secondary N) is 3. The van der Waals surface area contributed by atoms with E-state index in [0.29, 0.717) is 32.1 Å². The van der Waals surface area contributed by atoms with Gasteiger partial charge in [-0.2, -0.15) is 0 Å². The van der Waals surface area contributed by atoms with Crippen LogP contribution in [0, 0.1) is 5.82 Å². The van der Waals surface area contributed by atoms with Crippen molar-refractivity contribution >= 4 is 40.0 Å². The molecule has 0 aromatic heterocycles. The second-order valence-electron chi connectivity index (χ2n) is 6.46. The van der Waals surface area contributed by atoms with E-state index in [1.165, 1.54) is 12.1 Å². The Labute approximate surface area is 184 Å². The zero-order valence-corrected chi connectivity index (χ0v) is 19.3. The summed E-state index contributed by atoms with van der Waals surface area (Å²) in [5.74, 6) is 0.202. The highest BCUT2D eigenvalue weighted by molar-refractivity contribution is 14.0. The molecule has 1 saturated heterocycles. The molecule has 0 spiro atoms. The quantitative estimate of drug-likeness (QED) is 0.258. The summed E-state index contributed by atoms with van der Waals surface area (Å²) in [7, 11) is -1.75. The van der Waals surface area contributed by atoms with Gasteiger partial charge in [-0.3, -0.25) is 4.99 Å². The van der Waals surface area contributed by atoms with E-state index in [0.717, 1.165) is 24.8 Å². The van der Waals surface area contributed by atoms with Crippen molar-refractivity contribution in [2.75, 3.05) is 39.0 Å². The van der Waals surface area contributed by atoms with Crippen molar-refractivity contribution in [3.63, 3.8) is 0 Å². The van der Waals surface area contributed by atoms with Gasteiger partial charge in [-0.25, -0.2) is 17.5 Å². The number of aliphatic imine (C=N–C) groups is 1. The highest BCUT2D eigenvalue weighted by atomic mass is 127. The van der Waals surface area contributed by atoms with Crippen molar-refractivity contribution in [2.45, 2.75) is 31.8 Å². The second-order valence-corrected chi connectivity index (χ2v) is 8.39. The van der Waals surface area contributed by atoms with Gasteiger partial charge in [0, 0.05) is 33.3 Å². The summed E-state index contributed by atoms with van der Waals surface area (Å²) in [6, 6.07) is 6.43. The molecular formula is C18H30FIN4O3S. The van der Waals surface area contributed by atoms with Crippen LogP contribution >= 0.6 is 24.0 Å². The SMILES string of the molecule is CN=C(NCCc1cccc(F)c1)NCCS(=O)(=O)NCC1CCCCO1.I. The van der Waals surface area contributed by atoms with Gasteiger partial charge in [0.15, 0.2) is 5.96 Å². The van der Waals surface area contributed by atoms with Crippen molar-refractivity contribution in [1.29, 1.82) is 0 Å². The number of benzene rings is 1. The first-order valence-corrected chi connectivity index (χ1v) is 10.9. The minimum atomic E-state index is -3.37. The van der Waals surface area contributed by atoms with E-state index in [2.05, 4.69) is 20.3 Å². The Balaban J connectivity index is 0.00000392. The third-order valence-electron chi connectivity index (χ3n) is 4.29. The topological polar surface area (TPSA) is 91.8 Å². The van der Waals surface area contributed by atoms with Gasteiger partial charge in [0.2, 0.25) is 10.0 Å². The molecule has 28 heavy (non-hydrogen) atoms. The van der Waals surface area contributed by atoms with E-state index in [9.17, 15) is 12.8 Å². The van der Waals surface area contributed by atoms with Crippen LogP contribution in [0.4, 0.5) is 4.39 Å². The molecule has 0 amide bonds. The Bertz CT molecular complexity index is 713. The summed E-state index contributed by atoms with van der Waals surface area (Å²) in [5.41, 5.74) is 0.884. The second kappa shape index (κ2) is 13.3. The monoisotopic (exact) mass is 528 g/mol. The molecule has 1 aromatic carbocycles. The maximum atomic E-state index is 13.2. The van der Waals surface area contributed by atoms with E-state index < -0.39 is 10.0 Å². The largest absolute Gasteiger partial charge is 0.377 e. The van der Waals surface area contributed by atoms with Crippen molar-refractivity contribution in [3.05, 3.63) is 35.6 Å². The summed E-state index contributed by atoms with van der Waals surface area (Å²) in [6.45, 7) is 1.82. The number of nitrogens with zero attached hydrogens (tertiary/aromatic N) is 1. The highest BCUT2D eigenvalue weighted by Crippen LogP contribution is 2.11. The first kappa shape index (κ1) is 25.1. The van der Waals surface area contributed by atoms with Crippen molar-refractivity contribution < 1.29 is 17.5 Å². The van der Waals surface area contributed by atoms with Crippen molar-refractivity contribution in [1.82, 2.24) is 15.4 Å². The van der Waals surface area contributed by atoms with Crippen LogP contribution in [0.2, 0.25) is 0 Å². The number of hydrogen-bond donors (Lipinski definition) is 3. The number of halogens is 2. The van der Waals surface area contributed by atoms with E-state index >= 15 is 0 Å². The summed E-state index contributed by atoms with van der Waals surface area (Å²) >= 11 is 0.